The number of imidazole rings is 1. The second-order valence-corrected chi connectivity index (χ2v) is 4.92. The van der Waals surface area contributed by atoms with Crippen molar-refractivity contribution >= 4 is 11.6 Å². The zero-order valence-corrected chi connectivity index (χ0v) is 12.4. The molecule has 0 unspecified atom stereocenters. The minimum atomic E-state index is -3.19. The van der Waals surface area contributed by atoms with Gasteiger partial charge in [0.2, 0.25) is 0 Å². The number of halogens is 3. The predicted molar refractivity (Wildman–Crippen MR) is 76.2 cm³/mol. The van der Waals surface area contributed by atoms with Gasteiger partial charge in [0.05, 0.1) is 11.8 Å². The number of hydrogen-bond acceptors (Lipinski definition) is 4. The summed E-state index contributed by atoms with van der Waals surface area (Å²) < 4.78 is 45.1. The predicted octanol–water partition coefficient (Wildman–Crippen LogP) is 1.74. The number of aryl methyl sites for hydroxylation is 1. The molecule has 126 valence electrons. The highest BCUT2D eigenvalue weighted by Gasteiger charge is 2.16. The minimum absolute atomic E-state index is 0.107. The van der Waals surface area contributed by atoms with E-state index < -0.39 is 24.2 Å². The zero-order chi connectivity index (χ0) is 17.3. The Morgan fingerprint density at radius 3 is 2.88 bits per heavy atom. The van der Waals surface area contributed by atoms with E-state index in [1.165, 1.54) is 0 Å². The topological polar surface area (TPSA) is 73.5 Å². The van der Waals surface area contributed by atoms with Crippen LogP contribution >= 0.6 is 0 Å². The largest absolute Gasteiger partial charge is 0.414 e. The molecule has 0 bridgehead atoms. The number of carbonyl (C=O) groups excluding carboxylic acids is 1. The zero-order valence-electron chi connectivity index (χ0n) is 12.4. The highest BCUT2D eigenvalue weighted by Crippen LogP contribution is 2.17. The first kappa shape index (κ1) is 15.8. The van der Waals surface area contributed by atoms with Crippen LogP contribution in [0.15, 0.2) is 30.9 Å². The number of alkyl halides is 2. The van der Waals surface area contributed by atoms with E-state index >= 15 is 0 Å². The average molecular weight is 339 g/mol. The number of fused-ring (bicyclic) bond motifs is 1. The second-order valence-electron chi connectivity index (χ2n) is 4.92. The molecule has 0 aliphatic carbocycles. The average Bonchev–Trinajstić information content (AvgIpc) is 3.10. The van der Waals surface area contributed by atoms with Crippen LogP contribution in [0.5, 0.6) is 5.88 Å². The van der Waals surface area contributed by atoms with E-state index in [4.69, 9.17) is 0 Å². The van der Waals surface area contributed by atoms with E-state index in [2.05, 4.69) is 20.1 Å². The maximum Gasteiger partial charge on any atom is 0.388 e. The summed E-state index contributed by atoms with van der Waals surface area (Å²) in [7, 11) is 1.84. The first-order chi connectivity index (χ1) is 11.5. The van der Waals surface area contributed by atoms with Crippen molar-refractivity contribution in [1.82, 2.24) is 24.5 Å². The Morgan fingerprint density at radius 2 is 2.17 bits per heavy atom. The van der Waals surface area contributed by atoms with Gasteiger partial charge in [0.1, 0.15) is 5.65 Å². The molecule has 3 rings (SSSR count). The smallest absolute Gasteiger partial charge is 0.388 e. The molecule has 3 aromatic heterocycles. The van der Waals surface area contributed by atoms with Gasteiger partial charge in [0.25, 0.3) is 11.8 Å². The van der Waals surface area contributed by atoms with Gasteiger partial charge < -0.3 is 14.6 Å². The molecule has 1 amide bonds. The van der Waals surface area contributed by atoms with Gasteiger partial charge in [-0.2, -0.15) is 13.9 Å². The van der Waals surface area contributed by atoms with Gasteiger partial charge in [-0.1, -0.05) is 0 Å². The van der Waals surface area contributed by atoms with Crippen molar-refractivity contribution in [2.75, 3.05) is 0 Å². The van der Waals surface area contributed by atoms with Crippen molar-refractivity contribution < 1.29 is 22.7 Å². The lowest BCUT2D eigenvalue weighted by molar-refractivity contribution is -0.0553. The van der Waals surface area contributed by atoms with Crippen LogP contribution in [-0.4, -0.2) is 31.7 Å². The van der Waals surface area contributed by atoms with Crippen LogP contribution in [0.2, 0.25) is 0 Å². The molecular weight excluding hydrogens is 327 g/mol. The number of ether oxygens (including phenoxy) is 1. The fourth-order valence-electron chi connectivity index (χ4n) is 2.25. The van der Waals surface area contributed by atoms with Gasteiger partial charge in [0.15, 0.2) is 5.82 Å². The summed E-state index contributed by atoms with van der Waals surface area (Å²) >= 11 is 0. The third-order valence-electron chi connectivity index (χ3n) is 3.32. The van der Waals surface area contributed by atoms with Crippen molar-refractivity contribution in [3.05, 3.63) is 47.8 Å². The lowest BCUT2D eigenvalue weighted by Crippen LogP contribution is -2.23. The van der Waals surface area contributed by atoms with E-state index in [1.807, 2.05) is 17.8 Å². The quantitative estimate of drug-likeness (QED) is 0.768. The first-order valence-corrected chi connectivity index (χ1v) is 6.82. The first-order valence-electron chi connectivity index (χ1n) is 6.82. The Kier molecular flexibility index (Phi) is 4.11. The minimum Gasteiger partial charge on any atom is -0.414 e. The fourth-order valence-corrected chi connectivity index (χ4v) is 2.25. The Morgan fingerprint density at radius 1 is 1.38 bits per heavy atom. The maximum atomic E-state index is 13.6. The summed E-state index contributed by atoms with van der Waals surface area (Å²) in [5, 5.41) is 6.72. The summed E-state index contributed by atoms with van der Waals surface area (Å²) in [4.78, 5) is 15.4. The molecule has 7 nitrogen and oxygen atoms in total. The number of pyridine rings is 1. The number of nitrogens with zero attached hydrogens (tertiary/aromatic N) is 4. The van der Waals surface area contributed by atoms with Crippen molar-refractivity contribution in [3.8, 4) is 5.88 Å². The standard InChI is InChI=1S/C14H12F3N5O2/c1-21-2-3-22-13(21)9(7-20-22)6-18-11(23)8-4-10(15)12(19-5-8)24-14(16)17/h2-5,7,14H,6H2,1H3,(H,18,23). The summed E-state index contributed by atoms with van der Waals surface area (Å²) in [6.45, 7) is -3.03. The van der Waals surface area contributed by atoms with E-state index in [0.717, 1.165) is 23.5 Å². The molecule has 3 heterocycles. The molecule has 0 aromatic carbocycles. The number of nitrogens with one attached hydrogen (secondary N) is 1. The molecular formula is C14H12F3N5O2. The van der Waals surface area contributed by atoms with Crippen LogP contribution in [0, 0.1) is 5.82 Å². The third-order valence-corrected chi connectivity index (χ3v) is 3.32. The van der Waals surface area contributed by atoms with Crippen LogP contribution in [-0.2, 0) is 13.6 Å². The molecule has 1 N–H and O–H groups in total. The highest BCUT2D eigenvalue weighted by molar-refractivity contribution is 5.94. The summed E-state index contributed by atoms with van der Waals surface area (Å²) in [5.74, 6) is -2.60. The lowest BCUT2D eigenvalue weighted by atomic mass is 10.2. The van der Waals surface area contributed by atoms with Crippen molar-refractivity contribution in [2.45, 2.75) is 13.2 Å². The number of hydrogen-bond donors (Lipinski definition) is 1. The van der Waals surface area contributed by atoms with Crippen LogP contribution in [0.4, 0.5) is 13.2 Å². The van der Waals surface area contributed by atoms with E-state index in [1.54, 1.807) is 16.9 Å². The number of aromatic nitrogens is 4. The SMILES string of the molecule is Cn1ccn2ncc(CNC(=O)c3cnc(OC(F)F)c(F)c3)c12. The maximum absolute atomic E-state index is 13.6. The summed E-state index contributed by atoms with van der Waals surface area (Å²) in [6.07, 6.45) is 6.15. The van der Waals surface area contributed by atoms with Gasteiger partial charge in [-0.05, 0) is 6.07 Å². The molecule has 10 heteroatoms. The molecule has 0 radical (unpaired) electrons. The van der Waals surface area contributed by atoms with Gasteiger partial charge >= 0.3 is 6.61 Å². The van der Waals surface area contributed by atoms with Gasteiger partial charge in [-0.25, -0.2) is 13.9 Å². The van der Waals surface area contributed by atoms with Crippen molar-refractivity contribution in [1.29, 1.82) is 0 Å². The van der Waals surface area contributed by atoms with Gasteiger partial charge in [0, 0.05) is 37.7 Å². The summed E-state index contributed by atoms with van der Waals surface area (Å²) in [6, 6.07) is 0.788. The number of amides is 1. The molecule has 0 aliphatic rings. The van der Waals surface area contributed by atoms with E-state index in [0.29, 0.717) is 0 Å². The van der Waals surface area contributed by atoms with Crippen LogP contribution in [0.25, 0.3) is 5.65 Å². The lowest BCUT2D eigenvalue weighted by Gasteiger charge is -2.07. The molecule has 3 aromatic rings. The second kappa shape index (κ2) is 6.22. The van der Waals surface area contributed by atoms with Crippen molar-refractivity contribution in [2.24, 2.45) is 7.05 Å². The molecule has 24 heavy (non-hydrogen) atoms. The molecule has 0 atom stereocenters. The molecule has 0 aliphatic heterocycles. The van der Waals surface area contributed by atoms with Crippen LogP contribution in [0.1, 0.15) is 15.9 Å². The molecule has 0 fully saturated rings. The fraction of sp³-hybridized carbons (Fsp3) is 0.214. The molecule has 0 saturated carbocycles. The van der Waals surface area contributed by atoms with Crippen LogP contribution < -0.4 is 10.1 Å². The van der Waals surface area contributed by atoms with E-state index in [-0.39, 0.29) is 12.1 Å². The van der Waals surface area contributed by atoms with Gasteiger partial charge in [-0.15, -0.1) is 0 Å². The normalized spacial score (nSPS) is 11.2. The van der Waals surface area contributed by atoms with E-state index in [9.17, 15) is 18.0 Å². The monoisotopic (exact) mass is 339 g/mol. The molecule has 0 saturated heterocycles. The Bertz CT molecular complexity index is 890. The molecule has 0 spiro atoms. The number of carbonyl (C=O) groups is 1. The Hall–Kier alpha value is -3.04. The Labute approximate surface area is 133 Å². The third kappa shape index (κ3) is 3.03. The van der Waals surface area contributed by atoms with Crippen LogP contribution in [0.3, 0.4) is 0 Å². The Balaban J connectivity index is 1.71. The summed E-state index contributed by atoms with van der Waals surface area (Å²) in [5.41, 5.74) is 1.46. The highest BCUT2D eigenvalue weighted by atomic mass is 19.3. The number of rotatable bonds is 5. The van der Waals surface area contributed by atoms with Gasteiger partial charge in [-0.3, -0.25) is 4.79 Å². The van der Waals surface area contributed by atoms with Crippen molar-refractivity contribution in [3.63, 3.8) is 0 Å².